The lowest BCUT2D eigenvalue weighted by atomic mass is 10.0. The van der Waals surface area contributed by atoms with Crippen molar-refractivity contribution in [2.75, 3.05) is 0 Å². The molecule has 0 spiro atoms. The third-order valence-corrected chi connectivity index (χ3v) is 3.89. The highest BCUT2D eigenvalue weighted by Gasteiger charge is 2.17. The molecule has 1 N–H and O–H groups in total. The van der Waals surface area contributed by atoms with Crippen LogP contribution in [0.3, 0.4) is 0 Å². The second-order valence-corrected chi connectivity index (χ2v) is 5.71. The molecule has 0 aliphatic rings. The van der Waals surface area contributed by atoms with Gasteiger partial charge in [-0.3, -0.25) is 0 Å². The van der Waals surface area contributed by atoms with Gasteiger partial charge in [0.15, 0.2) is 0 Å². The molecule has 3 heteroatoms. The summed E-state index contributed by atoms with van der Waals surface area (Å²) in [6.45, 7) is 8.35. The van der Waals surface area contributed by atoms with Crippen molar-refractivity contribution in [2.24, 2.45) is 0 Å². The summed E-state index contributed by atoms with van der Waals surface area (Å²) in [6, 6.07) is 10.7. The molecule has 108 valence electrons. The zero-order chi connectivity index (χ0) is 14.7. The fourth-order valence-electron chi connectivity index (χ4n) is 2.65. The average molecular weight is 292 g/mol. The molecule has 0 bridgehead atoms. The Morgan fingerprint density at radius 3 is 2.55 bits per heavy atom. The van der Waals surface area contributed by atoms with Crippen LogP contribution in [0, 0.1) is 13.8 Å². The predicted molar refractivity (Wildman–Crippen MR) is 84.2 cm³/mol. The molecule has 0 aliphatic heterocycles. The van der Waals surface area contributed by atoms with Crippen molar-refractivity contribution in [3.8, 4) is 0 Å². The highest BCUT2D eigenvalue weighted by Crippen LogP contribution is 2.27. The highest BCUT2D eigenvalue weighted by atomic mass is 35.5. The van der Waals surface area contributed by atoms with E-state index in [0.717, 1.165) is 23.0 Å². The Morgan fingerprint density at radius 1 is 1.25 bits per heavy atom. The van der Waals surface area contributed by atoms with Gasteiger partial charge in [-0.15, -0.1) is 0 Å². The molecule has 0 radical (unpaired) electrons. The van der Waals surface area contributed by atoms with E-state index < -0.39 is 0 Å². The zero-order valence-electron chi connectivity index (χ0n) is 12.5. The topological polar surface area (TPSA) is 25.2 Å². The van der Waals surface area contributed by atoms with Gasteiger partial charge in [-0.2, -0.15) is 0 Å². The predicted octanol–water partition coefficient (Wildman–Crippen LogP) is 5.35. The molecule has 2 nitrogen and oxygen atoms in total. The smallest absolute Gasteiger partial charge is 0.105 e. The molecule has 0 saturated heterocycles. The van der Waals surface area contributed by atoms with Crippen molar-refractivity contribution in [1.29, 1.82) is 0 Å². The van der Waals surface area contributed by atoms with Crippen LogP contribution in [0.4, 0.5) is 0 Å². The van der Waals surface area contributed by atoms with Crippen LogP contribution < -0.4 is 5.32 Å². The van der Waals surface area contributed by atoms with Crippen molar-refractivity contribution < 1.29 is 4.42 Å². The summed E-state index contributed by atoms with van der Waals surface area (Å²) in [5.41, 5.74) is 2.45. The summed E-state index contributed by atoms with van der Waals surface area (Å²) < 4.78 is 5.61. The molecule has 0 saturated carbocycles. The standard InChI is InChI=1S/C17H22ClNO/c1-5-17(14-7-6-8-15(18)10-14)19-12(3)16-9-11(2)20-13(16)4/h6-10,12,17,19H,5H2,1-4H3. The van der Waals surface area contributed by atoms with Gasteiger partial charge in [0, 0.05) is 22.7 Å². The van der Waals surface area contributed by atoms with E-state index in [4.69, 9.17) is 16.0 Å². The van der Waals surface area contributed by atoms with Crippen molar-refractivity contribution in [2.45, 2.75) is 46.2 Å². The maximum Gasteiger partial charge on any atom is 0.105 e. The molecule has 0 aliphatic carbocycles. The van der Waals surface area contributed by atoms with E-state index in [0.29, 0.717) is 6.04 Å². The summed E-state index contributed by atoms with van der Waals surface area (Å²) in [5, 5.41) is 4.45. The lowest BCUT2D eigenvalue weighted by molar-refractivity contribution is 0.444. The van der Waals surface area contributed by atoms with Crippen molar-refractivity contribution in [3.63, 3.8) is 0 Å². The van der Waals surface area contributed by atoms with Gasteiger partial charge >= 0.3 is 0 Å². The second-order valence-electron chi connectivity index (χ2n) is 5.27. The quantitative estimate of drug-likeness (QED) is 0.803. The van der Waals surface area contributed by atoms with Crippen LogP contribution in [0.2, 0.25) is 5.02 Å². The Hall–Kier alpha value is -1.25. The van der Waals surface area contributed by atoms with E-state index in [-0.39, 0.29) is 6.04 Å². The number of aryl methyl sites for hydroxylation is 2. The van der Waals surface area contributed by atoms with Gasteiger partial charge in [0.25, 0.3) is 0 Å². The minimum atomic E-state index is 0.247. The maximum absolute atomic E-state index is 6.09. The minimum absolute atomic E-state index is 0.247. The van der Waals surface area contributed by atoms with Crippen molar-refractivity contribution in [1.82, 2.24) is 5.32 Å². The molecule has 0 amide bonds. The van der Waals surface area contributed by atoms with Crippen LogP contribution in [0.25, 0.3) is 0 Å². The van der Waals surface area contributed by atoms with E-state index >= 15 is 0 Å². The van der Waals surface area contributed by atoms with Gasteiger partial charge in [0.1, 0.15) is 11.5 Å². The van der Waals surface area contributed by atoms with Crippen molar-refractivity contribution in [3.05, 3.63) is 58.0 Å². The van der Waals surface area contributed by atoms with Gasteiger partial charge in [0.2, 0.25) is 0 Å². The van der Waals surface area contributed by atoms with Gasteiger partial charge in [-0.25, -0.2) is 0 Å². The number of hydrogen-bond donors (Lipinski definition) is 1. The van der Waals surface area contributed by atoms with Gasteiger partial charge in [0.05, 0.1) is 0 Å². The van der Waals surface area contributed by atoms with Gasteiger partial charge in [-0.05, 0) is 51.0 Å². The molecular formula is C17H22ClNO. The van der Waals surface area contributed by atoms with E-state index in [1.807, 2.05) is 32.0 Å². The first-order valence-corrected chi connectivity index (χ1v) is 7.47. The number of benzene rings is 1. The average Bonchev–Trinajstić information content (AvgIpc) is 2.75. The van der Waals surface area contributed by atoms with Crippen LogP contribution in [-0.2, 0) is 0 Å². The van der Waals surface area contributed by atoms with Gasteiger partial charge in [-0.1, -0.05) is 30.7 Å². The number of furan rings is 1. The first-order valence-electron chi connectivity index (χ1n) is 7.09. The maximum atomic E-state index is 6.09. The Balaban J connectivity index is 2.16. The lowest BCUT2D eigenvalue weighted by Crippen LogP contribution is -2.24. The van der Waals surface area contributed by atoms with Gasteiger partial charge < -0.3 is 9.73 Å². The number of hydrogen-bond acceptors (Lipinski definition) is 2. The van der Waals surface area contributed by atoms with Crippen LogP contribution in [0.1, 0.15) is 55.0 Å². The monoisotopic (exact) mass is 291 g/mol. The Kier molecular flexibility index (Phi) is 4.90. The molecule has 2 unspecified atom stereocenters. The largest absolute Gasteiger partial charge is 0.466 e. The zero-order valence-corrected chi connectivity index (χ0v) is 13.3. The van der Waals surface area contributed by atoms with E-state index in [1.165, 1.54) is 11.1 Å². The Morgan fingerprint density at radius 2 is 2.00 bits per heavy atom. The Bertz CT molecular complexity index is 576. The van der Waals surface area contributed by atoms with Crippen LogP contribution in [-0.4, -0.2) is 0 Å². The fraction of sp³-hybridized carbons (Fsp3) is 0.412. The highest BCUT2D eigenvalue weighted by molar-refractivity contribution is 6.30. The number of halogens is 1. The van der Waals surface area contributed by atoms with Crippen LogP contribution >= 0.6 is 11.6 Å². The molecule has 2 atom stereocenters. The SMILES string of the molecule is CCC(NC(C)c1cc(C)oc1C)c1cccc(Cl)c1. The fourth-order valence-corrected chi connectivity index (χ4v) is 2.84. The summed E-state index contributed by atoms with van der Waals surface area (Å²) in [5.74, 6) is 1.95. The van der Waals surface area contributed by atoms with Crippen LogP contribution in [0.15, 0.2) is 34.7 Å². The second kappa shape index (κ2) is 6.47. The summed E-state index contributed by atoms with van der Waals surface area (Å²) in [4.78, 5) is 0. The lowest BCUT2D eigenvalue weighted by Gasteiger charge is -2.22. The van der Waals surface area contributed by atoms with E-state index in [9.17, 15) is 0 Å². The normalized spacial score (nSPS) is 14.2. The summed E-state index contributed by atoms with van der Waals surface area (Å²) in [6.07, 6.45) is 1.01. The molecule has 1 aromatic heterocycles. The first kappa shape index (κ1) is 15.1. The molecule has 0 fully saturated rings. The Labute approximate surface area is 126 Å². The van der Waals surface area contributed by atoms with Crippen molar-refractivity contribution >= 4 is 11.6 Å². The summed E-state index contributed by atoms with van der Waals surface area (Å²) >= 11 is 6.09. The van der Waals surface area contributed by atoms with E-state index in [2.05, 4.69) is 31.3 Å². The molecule has 2 aromatic rings. The van der Waals surface area contributed by atoms with Crippen LogP contribution in [0.5, 0.6) is 0 Å². The molecular weight excluding hydrogens is 270 g/mol. The summed E-state index contributed by atoms with van der Waals surface area (Å²) in [7, 11) is 0. The third-order valence-electron chi connectivity index (χ3n) is 3.66. The minimum Gasteiger partial charge on any atom is -0.466 e. The molecule has 2 rings (SSSR count). The molecule has 1 heterocycles. The number of nitrogens with one attached hydrogen (secondary N) is 1. The molecule has 1 aromatic carbocycles. The number of rotatable bonds is 5. The first-order chi connectivity index (χ1) is 9.51. The van der Waals surface area contributed by atoms with E-state index in [1.54, 1.807) is 0 Å². The third kappa shape index (κ3) is 3.44. The molecule has 20 heavy (non-hydrogen) atoms.